The van der Waals surface area contributed by atoms with E-state index in [1.165, 1.54) is 12.1 Å². The molecule has 0 aliphatic carbocycles. The summed E-state index contributed by atoms with van der Waals surface area (Å²) in [4.78, 5) is 4.55. The number of aryl methyl sites for hydroxylation is 1. The number of halogens is 1. The van der Waals surface area contributed by atoms with Gasteiger partial charge in [0.2, 0.25) is 11.7 Å². The maximum atomic E-state index is 13.5. The third-order valence-corrected chi connectivity index (χ3v) is 4.45. The highest BCUT2D eigenvalue weighted by atomic mass is 19.1. The minimum absolute atomic E-state index is 0.117. The molecule has 4 nitrogen and oxygen atoms in total. The molecule has 21 heavy (non-hydrogen) atoms. The van der Waals surface area contributed by atoms with E-state index in [4.69, 9.17) is 4.52 Å². The maximum absolute atomic E-state index is 13.5. The highest BCUT2D eigenvalue weighted by molar-refractivity contribution is 5.55. The van der Waals surface area contributed by atoms with Crippen LogP contribution in [0.4, 0.5) is 4.39 Å². The standard InChI is InChI=1S/C16H20FN3O/c1-10(2)16(4-5-18-9-16)15-19-14(20-21-15)12-6-11(3)7-13(17)8-12/h6-8,10,18H,4-5,9H2,1-3H3. The van der Waals surface area contributed by atoms with Crippen LogP contribution in [0.15, 0.2) is 22.7 Å². The number of aromatic nitrogens is 2. The van der Waals surface area contributed by atoms with Crippen molar-refractivity contribution in [3.05, 3.63) is 35.5 Å². The van der Waals surface area contributed by atoms with Crippen LogP contribution in [0.3, 0.4) is 0 Å². The van der Waals surface area contributed by atoms with Gasteiger partial charge in [0.25, 0.3) is 0 Å². The third kappa shape index (κ3) is 2.46. The van der Waals surface area contributed by atoms with Gasteiger partial charge in [-0.1, -0.05) is 19.0 Å². The molecule has 5 heteroatoms. The first-order valence-corrected chi connectivity index (χ1v) is 7.34. The average Bonchev–Trinajstić information content (AvgIpc) is 3.07. The SMILES string of the molecule is Cc1cc(F)cc(-c2noc(C3(C(C)C)CCNC3)n2)c1. The molecule has 0 spiro atoms. The van der Waals surface area contributed by atoms with Crippen LogP contribution in [0.5, 0.6) is 0 Å². The zero-order chi connectivity index (χ0) is 15.0. The van der Waals surface area contributed by atoms with E-state index in [9.17, 15) is 4.39 Å². The highest BCUT2D eigenvalue weighted by Gasteiger charge is 2.43. The molecule has 1 aromatic heterocycles. The van der Waals surface area contributed by atoms with Crippen molar-refractivity contribution in [1.82, 2.24) is 15.5 Å². The fraction of sp³-hybridized carbons (Fsp3) is 0.500. The molecule has 0 radical (unpaired) electrons. The van der Waals surface area contributed by atoms with Gasteiger partial charge in [0.1, 0.15) is 5.82 Å². The van der Waals surface area contributed by atoms with Crippen molar-refractivity contribution >= 4 is 0 Å². The second kappa shape index (κ2) is 5.22. The van der Waals surface area contributed by atoms with Crippen molar-refractivity contribution < 1.29 is 8.91 Å². The molecule has 1 atom stereocenters. The van der Waals surface area contributed by atoms with Gasteiger partial charge in [-0.05, 0) is 49.6 Å². The van der Waals surface area contributed by atoms with E-state index in [1.54, 1.807) is 0 Å². The summed E-state index contributed by atoms with van der Waals surface area (Å²) in [7, 11) is 0. The number of nitrogens with zero attached hydrogens (tertiary/aromatic N) is 2. The molecule has 3 rings (SSSR count). The van der Waals surface area contributed by atoms with E-state index >= 15 is 0 Å². The van der Waals surface area contributed by atoms with Gasteiger partial charge in [0.05, 0.1) is 5.41 Å². The molecule has 0 amide bonds. The minimum atomic E-state index is -0.280. The summed E-state index contributed by atoms with van der Waals surface area (Å²) in [5.41, 5.74) is 1.39. The second-order valence-corrected chi connectivity index (χ2v) is 6.18. The van der Waals surface area contributed by atoms with Crippen LogP contribution in [0.2, 0.25) is 0 Å². The normalized spacial score (nSPS) is 22.1. The van der Waals surface area contributed by atoms with E-state index in [0.717, 1.165) is 25.1 Å². The van der Waals surface area contributed by atoms with Gasteiger partial charge < -0.3 is 9.84 Å². The number of hydrogen-bond donors (Lipinski definition) is 1. The van der Waals surface area contributed by atoms with Crippen molar-refractivity contribution in [2.24, 2.45) is 5.92 Å². The second-order valence-electron chi connectivity index (χ2n) is 6.18. The lowest BCUT2D eigenvalue weighted by molar-refractivity contribution is 0.234. The molecule has 112 valence electrons. The lowest BCUT2D eigenvalue weighted by atomic mass is 9.76. The van der Waals surface area contributed by atoms with Gasteiger partial charge in [0.15, 0.2) is 0 Å². The summed E-state index contributed by atoms with van der Waals surface area (Å²) in [5.74, 6) is 1.23. The van der Waals surface area contributed by atoms with Crippen LogP contribution in [0.25, 0.3) is 11.4 Å². The van der Waals surface area contributed by atoms with Crippen LogP contribution in [0.1, 0.15) is 31.7 Å². The van der Waals surface area contributed by atoms with E-state index in [-0.39, 0.29) is 11.2 Å². The molecule has 0 bridgehead atoms. The summed E-state index contributed by atoms with van der Waals surface area (Å²) < 4.78 is 19.1. The van der Waals surface area contributed by atoms with Crippen LogP contribution in [-0.2, 0) is 5.41 Å². The zero-order valence-electron chi connectivity index (χ0n) is 12.6. The predicted molar refractivity (Wildman–Crippen MR) is 78.4 cm³/mol. The summed E-state index contributed by atoms with van der Waals surface area (Å²) in [6.07, 6.45) is 0.981. The maximum Gasteiger partial charge on any atom is 0.234 e. The van der Waals surface area contributed by atoms with Gasteiger partial charge >= 0.3 is 0 Å². The first kappa shape index (κ1) is 14.2. The summed E-state index contributed by atoms with van der Waals surface area (Å²) in [5, 5.41) is 7.43. The number of benzene rings is 1. The van der Waals surface area contributed by atoms with Gasteiger partial charge in [-0.15, -0.1) is 0 Å². The zero-order valence-corrected chi connectivity index (χ0v) is 12.6. The molecule has 2 heterocycles. The Morgan fingerprint density at radius 1 is 1.33 bits per heavy atom. The van der Waals surface area contributed by atoms with E-state index in [2.05, 4.69) is 29.3 Å². The Kier molecular flexibility index (Phi) is 3.53. The molecule has 1 fully saturated rings. The first-order valence-electron chi connectivity index (χ1n) is 7.34. The van der Waals surface area contributed by atoms with Crippen LogP contribution >= 0.6 is 0 Å². The molecule has 1 N–H and O–H groups in total. The smallest absolute Gasteiger partial charge is 0.234 e. The molecule has 0 saturated carbocycles. The summed E-state index contributed by atoms with van der Waals surface area (Å²) in [6.45, 7) is 7.99. The fourth-order valence-corrected chi connectivity index (χ4v) is 3.04. The topological polar surface area (TPSA) is 51.0 Å². The minimum Gasteiger partial charge on any atom is -0.338 e. The third-order valence-electron chi connectivity index (χ3n) is 4.45. The lowest BCUT2D eigenvalue weighted by Crippen LogP contribution is -2.35. The number of nitrogens with one attached hydrogen (secondary N) is 1. The Hall–Kier alpha value is -1.75. The molecule has 1 aliphatic rings. The van der Waals surface area contributed by atoms with Gasteiger partial charge in [0, 0.05) is 12.1 Å². The van der Waals surface area contributed by atoms with Crippen molar-refractivity contribution in [1.29, 1.82) is 0 Å². The van der Waals surface area contributed by atoms with E-state index < -0.39 is 0 Å². The summed E-state index contributed by atoms with van der Waals surface area (Å²) in [6, 6.07) is 4.80. The van der Waals surface area contributed by atoms with Crippen molar-refractivity contribution in [2.75, 3.05) is 13.1 Å². The van der Waals surface area contributed by atoms with Gasteiger partial charge in [-0.3, -0.25) is 0 Å². The number of hydrogen-bond acceptors (Lipinski definition) is 4. The first-order chi connectivity index (χ1) is 10.0. The highest BCUT2D eigenvalue weighted by Crippen LogP contribution is 2.37. The molecular formula is C16H20FN3O. The van der Waals surface area contributed by atoms with E-state index in [0.29, 0.717) is 23.2 Å². The Labute approximate surface area is 123 Å². The van der Waals surface area contributed by atoms with Crippen molar-refractivity contribution in [2.45, 2.75) is 32.6 Å². The Morgan fingerprint density at radius 2 is 2.14 bits per heavy atom. The quantitative estimate of drug-likeness (QED) is 0.943. The largest absolute Gasteiger partial charge is 0.338 e. The molecule has 1 aromatic carbocycles. The van der Waals surface area contributed by atoms with Gasteiger partial charge in [-0.2, -0.15) is 4.98 Å². The molecular weight excluding hydrogens is 269 g/mol. The Bertz CT molecular complexity index is 624. The van der Waals surface area contributed by atoms with Crippen molar-refractivity contribution in [3.63, 3.8) is 0 Å². The lowest BCUT2D eigenvalue weighted by Gasteiger charge is -2.27. The van der Waals surface area contributed by atoms with E-state index in [1.807, 2.05) is 13.0 Å². The Morgan fingerprint density at radius 3 is 2.76 bits per heavy atom. The van der Waals surface area contributed by atoms with Crippen LogP contribution in [-0.4, -0.2) is 23.2 Å². The number of rotatable bonds is 3. The molecule has 1 saturated heterocycles. The Balaban J connectivity index is 1.99. The fourth-order valence-electron chi connectivity index (χ4n) is 3.04. The molecule has 2 aromatic rings. The average molecular weight is 289 g/mol. The molecule has 1 aliphatic heterocycles. The predicted octanol–water partition coefficient (Wildman–Crippen LogP) is 3.07. The van der Waals surface area contributed by atoms with Crippen LogP contribution in [0, 0.1) is 18.7 Å². The summed E-state index contributed by atoms with van der Waals surface area (Å²) >= 11 is 0. The van der Waals surface area contributed by atoms with Gasteiger partial charge in [-0.25, -0.2) is 4.39 Å². The van der Waals surface area contributed by atoms with Crippen LogP contribution < -0.4 is 5.32 Å². The van der Waals surface area contributed by atoms with Crippen molar-refractivity contribution in [3.8, 4) is 11.4 Å². The molecule has 1 unspecified atom stereocenters. The monoisotopic (exact) mass is 289 g/mol.